The van der Waals surface area contributed by atoms with Gasteiger partial charge in [0.25, 0.3) is 0 Å². The average molecular weight is 418 g/mol. The molecule has 1 aliphatic rings. The third-order valence-corrected chi connectivity index (χ3v) is 7.00. The summed E-state index contributed by atoms with van der Waals surface area (Å²) in [5.41, 5.74) is 8.09. The molecule has 2 aromatic rings. The second-order valence-electron chi connectivity index (χ2n) is 10.8. The molecule has 1 unspecified atom stereocenters. The minimum absolute atomic E-state index is 0.325. The van der Waals surface area contributed by atoms with Gasteiger partial charge in [-0.25, -0.2) is 0 Å². The molecule has 3 rings (SSSR count). The van der Waals surface area contributed by atoms with Crippen molar-refractivity contribution in [1.29, 1.82) is 0 Å². The Hall–Kier alpha value is -1.86. The van der Waals surface area contributed by atoms with Gasteiger partial charge in [-0.05, 0) is 65.2 Å². The van der Waals surface area contributed by atoms with Gasteiger partial charge in [0.05, 0.1) is 0 Å². The van der Waals surface area contributed by atoms with Crippen molar-refractivity contribution in [3.63, 3.8) is 0 Å². The first-order valence-corrected chi connectivity index (χ1v) is 12.2. The summed E-state index contributed by atoms with van der Waals surface area (Å²) in [5, 5.41) is 2.72. The second-order valence-corrected chi connectivity index (χ2v) is 10.8. The van der Waals surface area contributed by atoms with E-state index in [0.29, 0.717) is 35.6 Å². The molecule has 168 valence electrons. The highest BCUT2D eigenvalue weighted by Gasteiger charge is 2.43. The van der Waals surface area contributed by atoms with Crippen LogP contribution >= 0.6 is 0 Å². The van der Waals surface area contributed by atoms with Gasteiger partial charge in [-0.2, -0.15) is 0 Å². The molecule has 0 radical (unpaired) electrons. The molecule has 0 aliphatic heterocycles. The molecule has 0 saturated carbocycles. The van der Waals surface area contributed by atoms with Crippen LogP contribution in [-0.4, -0.2) is 19.0 Å². The topological polar surface area (TPSA) is 3.24 Å². The Bertz CT molecular complexity index is 943. The molecule has 0 N–H and O–H groups in total. The molecule has 1 nitrogen and oxygen atoms in total. The fourth-order valence-corrected chi connectivity index (χ4v) is 6.05. The first kappa shape index (κ1) is 23.8. The van der Waals surface area contributed by atoms with Crippen LogP contribution in [0.4, 0.5) is 0 Å². The van der Waals surface area contributed by atoms with Gasteiger partial charge >= 0.3 is 0 Å². The van der Waals surface area contributed by atoms with Crippen molar-refractivity contribution >= 4 is 10.8 Å². The Morgan fingerprint density at radius 2 is 1.10 bits per heavy atom. The minimum Gasteiger partial charge on any atom is -0.301 e. The summed E-state index contributed by atoms with van der Waals surface area (Å²) in [7, 11) is 4.54. The van der Waals surface area contributed by atoms with E-state index < -0.39 is 0 Å². The number of allylic oxidation sites excluding steroid dienone is 2. The lowest BCUT2D eigenvalue weighted by atomic mass is 9.75. The summed E-state index contributed by atoms with van der Waals surface area (Å²) >= 11 is 0. The number of hydrogen-bond acceptors (Lipinski definition) is 1. The van der Waals surface area contributed by atoms with E-state index in [2.05, 4.69) is 117 Å². The fraction of sp³-hybridized carbons (Fsp3) is 0.533. The van der Waals surface area contributed by atoms with Gasteiger partial charge in [-0.1, -0.05) is 109 Å². The van der Waals surface area contributed by atoms with E-state index in [0.717, 1.165) is 0 Å². The van der Waals surface area contributed by atoms with Crippen molar-refractivity contribution < 1.29 is 0 Å². The summed E-state index contributed by atoms with van der Waals surface area (Å²) in [6.07, 6.45) is 0. The van der Waals surface area contributed by atoms with Gasteiger partial charge in [0.2, 0.25) is 0 Å². The lowest BCUT2D eigenvalue weighted by Gasteiger charge is -2.37. The maximum absolute atomic E-state index is 2.47. The highest BCUT2D eigenvalue weighted by molar-refractivity contribution is 5.86. The normalized spacial score (nSPS) is 17.0. The van der Waals surface area contributed by atoms with E-state index in [1.165, 1.54) is 16.3 Å². The lowest BCUT2D eigenvalue weighted by Crippen LogP contribution is -2.31. The number of benzene rings is 2. The Balaban J connectivity index is 2.38. The fourth-order valence-electron chi connectivity index (χ4n) is 6.05. The van der Waals surface area contributed by atoms with Gasteiger partial charge < -0.3 is 4.90 Å². The van der Waals surface area contributed by atoms with Gasteiger partial charge in [0.1, 0.15) is 0 Å². The van der Waals surface area contributed by atoms with Crippen LogP contribution in [0.5, 0.6) is 0 Å². The van der Waals surface area contributed by atoms with Gasteiger partial charge in [-0.3, -0.25) is 0 Å². The van der Waals surface area contributed by atoms with Crippen molar-refractivity contribution in [3.8, 4) is 0 Å². The third-order valence-electron chi connectivity index (χ3n) is 7.00. The SMILES string of the molecule is CC(C)C1=C(C(C)C)C(C(c2cccc3ccccc23)N(C)C)C(C(C)C)=C1C(C)C. The van der Waals surface area contributed by atoms with E-state index in [9.17, 15) is 0 Å². The van der Waals surface area contributed by atoms with Crippen LogP contribution in [0.3, 0.4) is 0 Å². The standard InChI is InChI=1S/C30H43N/c1-18(2)25-26(19(3)4)28(21(7)8)29(27(25)20(5)6)30(31(9)10)24-17-13-15-22-14-11-12-16-23(22)24/h11-21,29-30H,1-10H3. The third kappa shape index (κ3) is 4.27. The van der Waals surface area contributed by atoms with Gasteiger partial charge in [0, 0.05) is 12.0 Å². The number of hydrogen-bond donors (Lipinski definition) is 0. The van der Waals surface area contributed by atoms with E-state index in [-0.39, 0.29) is 0 Å². The van der Waals surface area contributed by atoms with E-state index in [4.69, 9.17) is 0 Å². The van der Waals surface area contributed by atoms with Crippen molar-refractivity contribution in [3.05, 3.63) is 70.3 Å². The molecule has 1 heteroatoms. The van der Waals surface area contributed by atoms with Crippen molar-refractivity contribution in [2.24, 2.45) is 29.6 Å². The molecule has 1 aliphatic carbocycles. The monoisotopic (exact) mass is 417 g/mol. The zero-order chi connectivity index (χ0) is 23.0. The highest BCUT2D eigenvalue weighted by atomic mass is 15.1. The maximum atomic E-state index is 2.47. The molecule has 0 bridgehead atoms. The van der Waals surface area contributed by atoms with Gasteiger partial charge in [0.15, 0.2) is 0 Å². The molecular formula is C30H43N. The predicted molar refractivity (Wildman–Crippen MR) is 137 cm³/mol. The van der Waals surface area contributed by atoms with Crippen LogP contribution in [-0.2, 0) is 0 Å². The maximum Gasteiger partial charge on any atom is 0.0451 e. The second kappa shape index (κ2) is 9.33. The summed E-state index contributed by atoms with van der Waals surface area (Å²) in [6.45, 7) is 19.2. The first-order chi connectivity index (χ1) is 14.6. The van der Waals surface area contributed by atoms with Crippen LogP contribution in [0, 0.1) is 29.6 Å². The molecule has 0 heterocycles. The number of rotatable bonds is 7. The molecule has 1 atom stereocenters. The van der Waals surface area contributed by atoms with Crippen molar-refractivity contribution in [2.75, 3.05) is 14.1 Å². The zero-order valence-electron chi connectivity index (χ0n) is 21.5. The molecule has 0 spiro atoms. The number of fused-ring (bicyclic) bond motifs is 1. The molecule has 0 saturated heterocycles. The Morgan fingerprint density at radius 3 is 1.55 bits per heavy atom. The Morgan fingerprint density at radius 1 is 0.613 bits per heavy atom. The van der Waals surface area contributed by atoms with Crippen LogP contribution < -0.4 is 0 Å². The highest BCUT2D eigenvalue weighted by Crippen LogP contribution is 2.54. The van der Waals surface area contributed by atoms with Crippen LogP contribution in [0.2, 0.25) is 0 Å². The van der Waals surface area contributed by atoms with Crippen LogP contribution in [0.1, 0.15) is 67.0 Å². The zero-order valence-corrected chi connectivity index (χ0v) is 21.5. The molecule has 0 amide bonds. The molecular weight excluding hydrogens is 374 g/mol. The van der Waals surface area contributed by atoms with Gasteiger partial charge in [-0.15, -0.1) is 0 Å². The summed E-state index contributed by atoms with van der Waals surface area (Å²) in [5.74, 6) is 2.58. The van der Waals surface area contributed by atoms with E-state index >= 15 is 0 Å². The number of nitrogens with zero attached hydrogens (tertiary/aromatic N) is 1. The largest absolute Gasteiger partial charge is 0.301 e. The van der Waals surface area contributed by atoms with Crippen molar-refractivity contribution in [2.45, 2.75) is 61.4 Å². The lowest BCUT2D eigenvalue weighted by molar-refractivity contribution is 0.242. The molecule has 0 fully saturated rings. The predicted octanol–water partition coefficient (Wildman–Crippen LogP) is 8.29. The molecule has 0 aromatic heterocycles. The first-order valence-electron chi connectivity index (χ1n) is 12.2. The quantitative estimate of drug-likeness (QED) is 0.438. The summed E-state index contributed by atoms with van der Waals surface area (Å²) < 4.78 is 0. The van der Waals surface area contributed by atoms with E-state index in [1.807, 2.05) is 0 Å². The van der Waals surface area contributed by atoms with E-state index in [1.54, 1.807) is 22.3 Å². The minimum atomic E-state index is 0.325. The summed E-state index contributed by atoms with van der Waals surface area (Å²) in [4.78, 5) is 2.47. The molecule has 2 aromatic carbocycles. The van der Waals surface area contributed by atoms with Crippen LogP contribution in [0.25, 0.3) is 10.8 Å². The summed E-state index contributed by atoms with van der Waals surface area (Å²) in [6, 6.07) is 16.1. The smallest absolute Gasteiger partial charge is 0.0451 e. The molecule has 31 heavy (non-hydrogen) atoms. The van der Waals surface area contributed by atoms with Crippen LogP contribution in [0.15, 0.2) is 64.8 Å². The Kier molecular flexibility index (Phi) is 7.16. The van der Waals surface area contributed by atoms with Crippen molar-refractivity contribution in [1.82, 2.24) is 4.90 Å². The average Bonchev–Trinajstić information content (AvgIpc) is 3.05. The Labute approximate surface area is 191 Å².